The standard InChI is InChI=1S/C15H20O2/c1-2-17-15(16)13-9-4-3-6-10-14-11-7-5-8-12-14/h5-8,10-12H,2-4,9,13H2,1H3/b10-6-. The summed E-state index contributed by atoms with van der Waals surface area (Å²) in [4.78, 5) is 11.1. The van der Waals surface area contributed by atoms with E-state index >= 15 is 0 Å². The molecule has 0 aliphatic heterocycles. The number of carbonyl (C=O) groups excluding carboxylic acids is 1. The number of carbonyl (C=O) groups is 1. The third-order valence-corrected chi connectivity index (χ3v) is 2.42. The van der Waals surface area contributed by atoms with Gasteiger partial charge in [0.2, 0.25) is 0 Å². The van der Waals surface area contributed by atoms with Crippen molar-refractivity contribution in [1.82, 2.24) is 0 Å². The van der Waals surface area contributed by atoms with E-state index in [1.165, 1.54) is 5.56 Å². The molecule has 0 spiro atoms. The van der Waals surface area contributed by atoms with Gasteiger partial charge >= 0.3 is 5.97 Å². The van der Waals surface area contributed by atoms with E-state index in [0.717, 1.165) is 19.3 Å². The highest BCUT2D eigenvalue weighted by Gasteiger charge is 1.99. The molecule has 17 heavy (non-hydrogen) atoms. The molecule has 0 aliphatic carbocycles. The molecule has 0 aromatic heterocycles. The predicted octanol–water partition coefficient (Wildman–Crippen LogP) is 3.82. The minimum atomic E-state index is -0.0838. The molecular weight excluding hydrogens is 212 g/mol. The quantitative estimate of drug-likeness (QED) is 0.527. The van der Waals surface area contributed by atoms with Crippen LogP contribution in [0.25, 0.3) is 6.08 Å². The number of hydrogen-bond donors (Lipinski definition) is 0. The van der Waals surface area contributed by atoms with E-state index in [-0.39, 0.29) is 5.97 Å². The van der Waals surface area contributed by atoms with Crippen molar-refractivity contribution in [2.45, 2.75) is 32.6 Å². The van der Waals surface area contributed by atoms with Crippen LogP contribution in [0.4, 0.5) is 0 Å². The van der Waals surface area contributed by atoms with E-state index in [4.69, 9.17) is 4.74 Å². The smallest absolute Gasteiger partial charge is 0.305 e. The Morgan fingerprint density at radius 1 is 1.24 bits per heavy atom. The van der Waals surface area contributed by atoms with Gasteiger partial charge in [-0.3, -0.25) is 4.79 Å². The van der Waals surface area contributed by atoms with Crippen molar-refractivity contribution in [1.29, 1.82) is 0 Å². The van der Waals surface area contributed by atoms with Crippen LogP contribution in [0.3, 0.4) is 0 Å². The fourth-order valence-corrected chi connectivity index (χ4v) is 1.55. The van der Waals surface area contributed by atoms with Crippen LogP contribution in [0, 0.1) is 0 Å². The Morgan fingerprint density at radius 2 is 2.00 bits per heavy atom. The van der Waals surface area contributed by atoms with Crippen LogP contribution < -0.4 is 0 Å². The van der Waals surface area contributed by atoms with Gasteiger partial charge in [-0.15, -0.1) is 0 Å². The minimum absolute atomic E-state index is 0.0838. The molecule has 0 aliphatic rings. The van der Waals surface area contributed by atoms with E-state index < -0.39 is 0 Å². The van der Waals surface area contributed by atoms with Gasteiger partial charge in [-0.1, -0.05) is 42.5 Å². The Labute approximate surface area is 103 Å². The summed E-state index contributed by atoms with van der Waals surface area (Å²) in [7, 11) is 0. The number of benzene rings is 1. The number of esters is 1. The molecule has 0 amide bonds. The van der Waals surface area contributed by atoms with Gasteiger partial charge in [-0.05, 0) is 31.7 Å². The first kappa shape index (κ1) is 13.5. The molecule has 0 saturated heterocycles. The molecular formula is C15H20O2. The normalized spacial score (nSPS) is 10.6. The van der Waals surface area contributed by atoms with Crippen molar-refractivity contribution in [3.8, 4) is 0 Å². The van der Waals surface area contributed by atoms with Crippen molar-refractivity contribution in [3.05, 3.63) is 42.0 Å². The lowest BCUT2D eigenvalue weighted by Gasteiger charge is -2.00. The largest absolute Gasteiger partial charge is 0.466 e. The Bertz CT molecular complexity index is 341. The monoisotopic (exact) mass is 232 g/mol. The van der Waals surface area contributed by atoms with Gasteiger partial charge in [0.25, 0.3) is 0 Å². The molecule has 2 heteroatoms. The molecule has 2 nitrogen and oxygen atoms in total. The second-order valence-corrected chi connectivity index (χ2v) is 3.86. The molecule has 1 aromatic carbocycles. The zero-order chi connectivity index (χ0) is 12.3. The number of unbranched alkanes of at least 4 members (excludes halogenated alkanes) is 2. The summed E-state index contributed by atoms with van der Waals surface area (Å²) in [6.07, 6.45) is 7.74. The summed E-state index contributed by atoms with van der Waals surface area (Å²) in [5.41, 5.74) is 1.22. The zero-order valence-corrected chi connectivity index (χ0v) is 10.4. The number of hydrogen-bond acceptors (Lipinski definition) is 2. The maximum Gasteiger partial charge on any atom is 0.305 e. The van der Waals surface area contributed by atoms with Gasteiger partial charge in [-0.2, -0.15) is 0 Å². The van der Waals surface area contributed by atoms with Crippen LogP contribution in [-0.2, 0) is 9.53 Å². The molecule has 0 unspecified atom stereocenters. The summed E-state index contributed by atoms with van der Waals surface area (Å²) in [5.74, 6) is -0.0838. The second-order valence-electron chi connectivity index (χ2n) is 3.86. The van der Waals surface area contributed by atoms with E-state index in [9.17, 15) is 4.79 Å². The Balaban J connectivity index is 2.08. The summed E-state index contributed by atoms with van der Waals surface area (Å²) < 4.78 is 4.86. The van der Waals surface area contributed by atoms with Gasteiger partial charge in [0.1, 0.15) is 0 Å². The zero-order valence-electron chi connectivity index (χ0n) is 10.4. The topological polar surface area (TPSA) is 26.3 Å². The summed E-state index contributed by atoms with van der Waals surface area (Å²) in [6, 6.07) is 10.2. The van der Waals surface area contributed by atoms with Gasteiger partial charge in [0.05, 0.1) is 6.61 Å². The van der Waals surface area contributed by atoms with Crippen molar-refractivity contribution in [3.63, 3.8) is 0 Å². The van der Waals surface area contributed by atoms with Crippen LogP contribution in [-0.4, -0.2) is 12.6 Å². The lowest BCUT2D eigenvalue weighted by atomic mass is 10.1. The van der Waals surface area contributed by atoms with Crippen LogP contribution >= 0.6 is 0 Å². The highest BCUT2D eigenvalue weighted by molar-refractivity contribution is 5.69. The summed E-state index contributed by atoms with van der Waals surface area (Å²) in [5, 5.41) is 0. The van der Waals surface area contributed by atoms with Gasteiger partial charge < -0.3 is 4.74 Å². The third kappa shape index (κ3) is 6.56. The Morgan fingerprint density at radius 3 is 2.71 bits per heavy atom. The van der Waals surface area contributed by atoms with E-state index in [1.807, 2.05) is 25.1 Å². The second kappa shape index (κ2) is 8.57. The molecule has 92 valence electrons. The van der Waals surface area contributed by atoms with Gasteiger partial charge in [0, 0.05) is 6.42 Å². The highest BCUT2D eigenvalue weighted by Crippen LogP contribution is 2.06. The SMILES string of the molecule is CCOC(=O)CCCC/C=C\c1ccccc1. The van der Waals surface area contributed by atoms with E-state index in [0.29, 0.717) is 13.0 Å². The number of ether oxygens (including phenoxy) is 1. The molecule has 0 heterocycles. The lowest BCUT2D eigenvalue weighted by Crippen LogP contribution is -2.02. The van der Waals surface area contributed by atoms with Crippen molar-refractivity contribution in [2.75, 3.05) is 6.61 Å². The molecule has 0 bridgehead atoms. The van der Waals surface area contributed by atoms with Crippen molar-refractivity contribution < 1.29 is 9.53 Å². The first-order valence-corrected chi connectivity index (χ1v) is 6.20. The maximum absolute atomic E-state index is 11.1. The van der Waals surface area contributed by atoms with Crippen LogP contribution in [0.15, 0.2) is 36.4 Å². The van der Waals surface area contributed by atoms with Gasteiger partial charge in [0.15, 0.2) is 0 Å². The average Bonchev–Trinajstić information content (AvgIpc) is 2.35. The Kier molecular flexibility index (Phi) is 6.80. The lowest BCUT2D eigenvalue weighted by molar-refractivity contribution is -0.143. The molecule has 1 aromatic rings. The van der Waals surface area contributed by atoms with Crippen molar-refractivity contribution in [2.24, 2.45) is 0 Å². The summed E-state index contributed by atoms with van der Waals surface area (Å²) >= 11 is 0. The molecule has 0 N–H and O–H groups in total. The van der Waals surface area contributed by atoms with Crippen LogP contribution in [0.2, 0.25) is 0 Å². The fourth-order valence-electron chi connectivity index (χ4n) is 1.55. The third-order valence-electron chi connectivity index (χ3n) is 2.42. The van der Waals surface area contributed by atoms with Crippen LogP contribution in [0.5, 0.6) is 0 Å². The Hall–Kier alpha value is -1.57. The minimum Gasteiger partial charge on any atom is -0.466 e. The molecule has 0 radical (unpaired) electrons. The molecule has 1 rings (SSSR count). The number of rotatable bonds is 7. The maximum atomic E-state index is 11.1. The van der Waals surface area contributed by atoms with E-state index in [1.54, 1.807) is 0 Å². The summed E-state index contributed by atoms with van der Waals surface area (Å²) in [6.45, 7) is 2.31. The molecule has 0 fully saturated rings. The highest BCUT2D eigenvalue weighted by atomic mass is 16.5. The number of allylic oxidation sites excluding steroid dienone is 1. The average molecular weight is 232 g/mol. The van der Waals surface area contributed by atoms with Gasteiger partial charge in [-0.25, -0.2) is 0 Å². The fraction of sp³-hybridized carbons (Fsp3) is 0.400. The molecule has 0 saturated carbocycles. The van der Waals surface area contributed by atoms with E-state index in [2.05, 4.69) is 24.3 Å². The first-order chi connectivity index (χ1) is 8.33. The predicted molar refractivity (Wildman–Crippen MR) is 70.6 cm³/mol. The van der Waals surface area contributed by atoms with Crippen molar-refractivity contribution >= 4 is 12.0 Å². The first-order valence-electron chi connectivity index (χ1n) is 6.20. The van der Waals surface area contributed by atoms with Crippen LogP contribution in [0.1, 0.15) is 38.2 Å². The molecule has 0 atom stereocenters.